The van der Waals surface area contributed by atoms with Crippen molar-refractivity contribution in [3.63, 3.8) is 0 Å². The fraction of sp³-hybridized carbons (Fsp3) is 0.429. The van der Waals surface area contributed by atoms with E-state index in [1.165, 1.54) is 6.92 Å². The predicted molar refractivity (Wildman–Crippen MR) is 79.3 cm³/mol. The van der Waals surface area contributed by atoms with Gasteiger partial charge in [0.1, 0.15) is 0 Å². The number of urea groups is 1. The van der Waals surface area contributed by atoms with Crippen molar-refractivity contribution in [3.8, 4) is 0 Å². The quantitative estimate of drug-likeness (QED) is 0.644. The minimum atomic E-state index is -1.50. The van der Waals surface area contributed by atoms with Crippen molar-refractivity contribution in [2.75, 3.05) is 6.54 Å². The lowest BCUT2D eigenvalue weighted by molar-refractivity contribution is -0.141. The molecule has 21 heavy (non-hydrogen) atoms. The van der Waals surface area contributed by atoms with Crippen molar-refractivity contribution in [1.82, 2.24) is 10.6 Å². The number of carbonyl (C=O) groups is 2. The monoisotopic (exact) mass is 314 g/mol. The maximum absolute atomic E-state index is 11.7. The number of carbonyl (C=O) groups excluding carboxylic acids is 1. The number of benzene rings is 1. The minimum Gasteiger partial charge on any atom is -0.481 e. The van der Waals surface area contributed by atoms with Crippen LogP contribution >= 0.6 is 11.6 Å². The molecule has 0 fully saturated rings. The van der Waals surface area contributed by atoms with Gasteiger partial charge in [0, 0.05) is 11.6 Å². The zero-order valence-electron chi connectivity index (χ0n) is 11.9. The molecule has 1 aromatic rings. The number of aliphatic carboxylic acids is 1. The zero-order valence-corrected chi connectivity index (χ0v) is 12.6. The fourth-order valence-corrected chi connectivity index (χ4v) is 1.96. The second kappa shape index (κ2) is 7.28. The van der Waals surface area contributed by atoms with Crippen LogP contribution in [0.5, 0.6) is 0 Å². The summed E-state index contributed by atoms with van der Waals surface area (Å²) in [6.07, 6.45) is -0.447. The first kappa shape index (κ1) is 17.3. The van der Waals surface area contributed by atoms with Gasteiger partial charge in [-0.15, -0.1) is 0 Å². The van der Waals surface area contributed by atoms with Gasteiger partial charge in [-0.25, -0.2) is 4.79 Å². The molecule has 6 nitrogen and oxygen atoms in total. The Kier molecular flexibility index (Phi) is 5.99. The van der Waals surface area contributed by atoms with E-state index in [9.17, 15) is 14.7 Å². The van der Waals surface area contributed by atoms with Gasteiger partial charge in [0.25, 0.3) is 0 Å². The van der Waals surface area contributed by atoms with Crippen LogP contribution in [0, 0.1) is 0 Å². The highest BCUT2D eigenvalue weighted by atomic mass is 35.5. The SMILES string of the molecule is CC(NC(=O)NCC(C)(O)CC(=O)O)c1cccc(Cl)c1. The van der Waals surface area contributed by atoms with Crippen molar-refractivity contribution in [3.05, 3.63) is 34.9 Å². The molecule has 2 amide bonds. The molecule has 4 N–H and O–H groups in total. The third-order valence-corrected chi connectivity index (χ3v) is 3.09. The number of amides is 2. The number of rotatable bonds is 6. The molecule has 1 aromatic carbocycles. The normalized spacial score (nSPS) is 14.9. The van der Waals surface area contributed by atoms with E-state index in [-0.39, 0.29) is 12.6 Å². The minimum absolute atomic E-state index is 0.159. The van der Waals surface area contributed by atoms with E-state index in [1.807, 2.05) is 6.07 Å². The van der Waals surface area contributed by atoms with Gasteiger partial charge in [-0.05, 0) is 31.5 Å². The van der Waals surface area contributed by atoms with Gasteiger partial charge < -0.3 is 20.8 Å². The fourth-order valence-electron chi connectivity index (χ4n) is 1.77. The van der Waals surface area contributed by atoms with Gasteiger partial charge >= 0.3 is 12.0 Å². The first-order valence-corrected chi connectivity index (χ1v) is 6.81. The van der Waals surface area contributed by atoms with Crippen LogP contribution in [0.15, 0.2) is 24.3 Å². The number of carboxylic acids is 1. The topological polar surface area (TPSA) is 98.7 Å². The Bertz CT molecular complexity index is 519. The van der Waals surface area contributed by atoms with Gasteiger partial charge in [0.15, 0.2) is 0 Å². The van der Waals surface area contributed by atoms with Crippen LogP contribution in [0.4, 0.5) is 4.79 Å². The summed E-state index contributed by atoms with van der Waals surface area (Å²) < 4.78 is 0. The Morgan fingerprint density at radius 1 is 1.43 bits per heavy atom. The summed E-state index contributed by atoms with van der Waals surface area (Å²) in [5.74, 6) is -1.13. The van der Waals surface area contributed by atoms with Crippen LogP contribution in [-0.4, -0.2) is 34.4 Å². The van der Waals surface area contributed by atoms with E-state index in [2.05, 4.69) is 10.6 Å². The average Bonchev–Trinajstić information content (AvgIpc) is 2.35. The van der Waals surface area contributed by atoms with E-state index < -0.39 is 24.0 Å². The standard InChI is InChI=1S/C14H19ClN2O4/c1-9(10-4-3-5-11(15)6-10)17-13(20)16-8-14(2,21)7-12(18)19/h3-6,9,21H,7-8H2,1-2H3,(H,18,19)(H2,16,17,20). The lowest BCUT2D eigenvalue weighted by atomic mass is 10.0. The molecule has 0 spiro atoms. The Morgan fingerprint density at radius 2 is 2.10 bits per heavy atom. The Labute approximate surface area is 128 Å². The molecule has 0 aromatic heterocycles. The van der Waals surface area contributed by atoms with E-state index >= 15 is 0 Å². The molecule has 1 rings (SSSR count). The number of aliphatic hydroxyl groups is 1. The summed E-state index contributed by atoms with van der Waals surface area (Å²) >= 11 is 5.88. The maximum atomic E-state index is 11.7. The summed E-state index contributed by atoms with van der Waals surface area (Å²) in [4.78, 5) is 22.3. The smallest absolute Gasteiger partial charge is 0.315 e. The highest BCUT2D eigenvalue weighted by molar-refractivity contribution is 6.30. The van der Waals surface area contributed by atoms with E-state index in [4.69, 9.17) is 16.7 Å². The number of hydrogen-bond donors (Lipinski definition) is 4. The van der Waals surface area contributed by atoms with Gasteiger partial charge in [0.05, 0.1) is 18.1 Å². The van der Waals surface area contributed by atoms with Crippen LogP contribution in [0.2, 0.25) is 5.02 Å². The summed E-state index contributed by atoms with van der Waals surface area (Å²) in [7, 11) is 0. The van der Waals surface area contributed by atoms with Gasteiger partial charge in [0.2, 0.25) is 0 Å². The molecular formula is C14H19ClN2O4. The van der Waals surface area contributed by atoms with Crippen LogP contribution in [0.1, 0.15) is 31.9 Å². The van der Waals surface area contributed by atoms with Crippen molar-refractivity contribution in [2.45, 2.75) is 31.9 Å². The van der Waals surface area contributed by atoms with Crippen LogP contribution in [-0.2, 0) is 4.79 Å². The lowest BCUT2D eigenvalue weighted by Gasteiger charge is -2.22. The second-order valence-electron chi connectivity index (χ2n) is 5.17. The molecule has 0 aliphatic rings. The third-order valence-electron chi connectivity index (χ3n) is 2.86. The first-order valence-electron chi connectivity index (χ1n) is 6.43. The molecule has 0 bridgehead atoms. The number of nitrogens with one attached hydrogen (secondary N) is 2. The molecule has 0 aliphatic carbocycles. The molecule has 2 unspecified atom stereocenters. The Balaban J connectivity index is 2.48. The van der Waals surface area contributed by atoms with Crippen molar-refractivity contribution < 1.29 is 19.8 Å². The highest BCUT2D eigenvalue weighted by Gasteiger charge is 2.25. The molecule has 116 valence electrons. The highest BCUT2D eigenvalue weighted by Crippen LogP contribution is 2.17. The molecule has 0 saturated heterocycles. The van der Waals surface area contributed by atoms with Gasteiger partial charge in [-0.1, -0.05) is 23.7 Å². The van der Waals surface area contributed by atoms with Gasteiger partial charge in [-0.2, -0.15) is 0 Å². The average molecular weight is 315 g/mol. The van der Waals surface area contributed by atoms with E-state index in [1.54, 1.807) is 25.1 Å². The molecule has 0 heterocycles. The van der Waals surface area contributed by atoms with Crippen LogP contribution < -0.4 is 10.6 Å². The summed E-state index contributed by atoms with van der Waals surface area (Å²) in [5.41, 5.74) is -0.655. The Morgan fingerprint density at radius 3 is 2.67 bits per heavy atom. The zero-order chi connectivity index (χ0) is 16.0. The third kappa shape index (κ3) is 6.46. The van der Waals surface area contributed by atoms with Crippen molar-refractivity contribution in [2.24, 2.45) is 0 Å². The van der Waals surface area contributed by atoms with Crippen molar-refractivity contribution in [1.29, 1.82) is 0 Å². The maximum Gasteiger partial charge on any atom is 0.315 e. The lowest BCUT2D eigenvalue weighted by Crippen LogP contribution is -2.46. The van der Waals surface area contributed by atoms with E-state index in [0.29, 0.717) is 5.02 Å². The van der Waals surface area contributed by atoms with Crippen LogP contribution in [0.3, 0.4) is 0 Å². The largest absolute Gasteiger partial charge is 0.481 e. The number of hydrogen-bond acceptors (Lipinski definition) is 3. The molecule has 0 aliphatic heterocycles. The van der Waals surface area contributed by atoms with Crippen molar-refractivity contribution >= 4 is 23.6 Å². The number of carboxylic acid groups (broad SMARTS) is 1. The first-order chi connectivity index (χ1) is 9.69. The van der Waals surface area contributed by atoms with Crippen LogP contribution in [0.25, 0.3) is 0 Å². The summed E-state index contributed by atoms with van der Waals surface area (Å²) in [6, 6.07) is 6.33. The molecule has 0 radical (unpaired) electrons. The Hall–Kier alpha value is -1.79. The molecule has 7 heteroatoms. The summed E-state index contributed by atoms with van der Waals surface area (Å²) in [5, 5.41) is 24.1. The number of halogens is 1. The predicted octanol–water partition coefficient (Wildman–Crippen LogP) is 1.93. The van der Waals surface area contributed by atoms with Gasteiger partial charge in [-0.3, -0.25) is 4.79 Å². The molecule has 2 atom stereocenters. The summed E-state index contributed by atoms with van der Waals surface area (Å²) in [6.45, 7) is 2.98. The van der Waals surface area contributed by atoms with E-state index in [0.717, 1.165) is 5.56 Å². The second-order valence-corrected chi connectivity index (χ2v) is 5.61. The molecular weight excluding hydrogens is 296 g/mol. The molecule has 0 saturated carbocycles.